The molecule has 0 saturated carbocycles. The third-order valence-corrected chi connectivity index (χ3v) is 3.92. The van der Waals surface area contributed by atoms with Gasteiger partial charge < -0.3 is 9.64 Å². The average molecular weight is 377 g/mol. The molecule has 1 aliphatic heterocycles. The van der Waals surface area contributed by atoms with Gasteiger partial charge in [0.05, 0.1) is 11.4 Å². The maximum Gasteiger partial charge on any atom is 0.331 e. The first kappa shape index (κ1) is 18.9. The van der Waals surface area contributed by atoms with Gasteiger partial charge in [-0.05, 0) is 33.1 Å². The Bertz CT molecular complexity index is 459. The lowest BCUT2D eigenvalue weighted by Crippen LogP contribution is -2.49. The summed E-state index contributed by atoms with van der Waals surface area (Å²) in [5.74, 6) is -0.648. The van der Waals surface area contributed by atoms with E-state index in [-0.39, 0.29) is 12.5 Å². The fourth-order valence-electron chi connectivity index (χ4n) is 2.20. The molecule has 1 saturated heterocycles. The van der Waals surface area contributed by atoms with Crippen molar-refractivity contribution in [1.82, 2.24) is 9.80 Å². The van der Waals surface area contributed by atoms with Gasteiger partial charge in [-0.15, -0.1) is 0 Å². The Balaban J connectivity index is 2.94. The summed E-state index contributed by atoms with van der Waals surface area (Å²) in [7, 11) is 1.57. The molecule has 126 valence electrons. The Morgan fingerprint density at radius 3 is 2.36 bits per heavy atom. The first-order valence-corrected chi connectivity index (χ1v) is 8.30. The Labute approximate surface area is 140 Å². The maximum absolute atomic E-state index is 12.5. The zero-order valence-electron chi connectivity index (χ0n) is 14.1. The molecular weight excluding hydrogens is 352 g/mol. The van der Waals surface area contributed by atoms with E-state index in [4.69, 9.17) is 4.74 Å². The lowest BCUT2D eigenvalue weighted by Gasteiger charge is -2.26. The molecule has 0 unspecified atom stereocenters. The summed E-state index contributed by atoms with van der Waals surface area (Å²) in [6.45, 7) is 9.40. The number of carbonyl (C=O) groups is 3. The number of hydrogen-bond acceptors (Lipinski definition) is 4. The lowest BCUT2D eigenvalue weighted by molar-refractivity contribution is -0.161. The second-order valence-electron chi connectivity index (χ2n) is 7.02. The summed E-state index contributed by atoms with van der Waals surface area (Å²) in [4.78, 5) is 39.0. The highest BCUT2D eigenvalue weighted by molar-refractivity contribution is 9.10. The minimum atomic E-state index is -0.892. The highest BCUT2D eigenvalue weighted by atomic mass is 79.9. The molecule has 1 rings (SSSR count). The van der Waals surface area contributed by atoms with Crippen LogP contribution in [-0.2, 0) is 14.3 Å². The van der Waals surface area contributed by atoms with Crippen molar-refractivity contribution in [2.75, 3.05) is 13.6 Å². The number of alkyl halides is 1. The first-order chi connectivity index (χ1) is 9.94. The minimum absolute atomic E-state index is 0.154. The SMILES string of the molecule is CC(C)C[C@@H](Br)C(=O)N1C(=O)N(C)C[C@H]1C(=O)OC(C)(C)C. The van der Waals surface area contributed by atoms with E-state index in [9.17, 15) is 14.4 Å². The molecule has 6 nitrogen and oxygen atoms in total. The topological polar surface area (TPSA) is 66.9 Å². The van der Waals surface area contributed by atoms with Gasteiger partial charge >= 0.3 is 12.0 Å². The van der Waals surface area contributed by atoms with Gasteiger partial charge in [0, 0.05) is 7.05 Å². The van der Waals surface area contributed by atoms with Gasteiger partial charge in [0.25, 0.3) is 0 Å². The van der Waals surface area contributed by atoms with Crippen molar-refractivity contribution in [1.29, 1.82) is 0 Å². The van der Waals surface area contributed by atoms with Crippen molar-refractivity contribution in [3.8, 4) is 0 Å². The number of urea groups is 1. The standard InChI is InChI=1S/C15H25BrN2O4/c1-9(2)7-10(16)12(19)18-11(8-17(6)14(18)21)13(20)22-15(3,4)5/h9-11H,7-8H2,1-6H3/t10-,11+/m1/s1. The highest BCUT2D eigenvalue weighted by Crippen LogP contribution is 2.23. The van der Waals surface area contributed by atoms with Crippen LogP contribution in [0.1, 0.15) is 41.0 Å². The van der Waals surface area contributed by atoms with E-state index in [2.05, 4.69) is 15.9 Å². The number of rotatable bonds is 4. The van der Waals surface area contributed by atoms with Crippen LogP contribution < -0.4 is 0 Å². The van der Waals surface area contributed by atoms with E-state index in [0.717, 1.165) is 4.90 Å². The van der Waals surface area contributed by atoms with Crippen molar-refractivity contribution < 1.29 is 19.1 Å². The molecule has 0 aromatic carbocycles. The van der Waals surface area contributed by atoms with Gasteiger partial charge in [0.2, 0.25) is 5.91 Å². The number of hydrogen-bond donors (Lipinski definition) is 0. The number of ether oxygens (including phenoxy) is 1. The number of nitrogens with zero attached hydrogens (tertiary/aromatic N) is 2. The summed E-state index contributed by atoms with van der Waals surface area (Å²) < 4.78 is 5.33. The fourth-order valence-corrected chi connectivity index (χ4v) is 3.17. The van der Waals surface area contributed by atoms with Crippen LogP contribution in [0.4, 0.5) is 4.79 Å². The van der Waals surface area contributed by atoms with Gasteiger partial charge in [-0.25, -0.2) is 14.5 Å². The highest BCUT2D eigenvalue weighted by Gasteiger charge is 2.46. The van der Waals surface area contributed by atoms with Crippen molar-refractivity contribution in [2.45, 2.75) is 57.5 Å². The largest absolute Gasteiger partial charge is 0.458 e. The van der Waals surface area contributed by atoms with Crippen LogP contribution in [0.25, 0.3) is 0 Å². The molecular formula is C15H25BrN2O4. The van der Waals surface area contributed by atoms with E-state index < -0.39 is 28.5 Å². The van der Waals surface area contributed by atoms with Gasteiger partial charge in [-0.3, -0.25) is 4.79 Å². The smallest absolute Gasteiger partial charge is 0.331 e. The predicted molar refractivity (Wildman–Crippen MR) is 86.7 cm³/mol. The van der Waals surface area contributed by atoms with Gasteiger partial charge in [-0.1, -0.05) is 29.8 Å². The summed E-state index contributed by atoms with van der Waals surface area (Å²) in [5.41, 5.74) is -0.665. The van der Waals surface area contributed by atoms with Crippen molar-refractivity contribution in [3.63, 3.8) is 0 Å². The van der Waals surface area contributed by atoms with Crippen LogP contribution in [0, 0.1) is 5.92 Å². The fraction of sp³-hybridized carbons (Fsp3) is 0.800. The van der Waals surface area contributed by atoms with Crippen molar-refractivity contribution in [2.24, 2.45) is 5.92 Å². The molecule has 0 aliphatic carbocycles. The molecule has 1 fully saturated rings. The monoisotopic (exact) mass is 376 g/mol. The Kier molecular flexibility index (Phi) is 6.01. The normalized spacial score (nSPS) is 20.5. The van der Waals surface area contributed by atoms with Gasteiger partial charge in [0.1, 0.15) is 5.60 Å². The van der Waals surface area contributed by atoms with Crippen LogP contribution in [0.15, 0.2) is 0 Å². The molecule has 7 heteroatoms. The molecule has 1 aliphatic rings. The number of carbonyl (C=O) groups excluding carboxylic acids is 3. The molecule has 2 atom stereocenters. The van der Waals surface area contributed by atoms with Crippen LogP contribution in [-0.4, -0.2) is 57.8 Å². The third-order valence-electron chi connectivity index (χ3n) is 3.15. The molecule has 3 amide bonds. The predicted octanol–water partition coefficient (Wildman–Crippen LogP) is 2.40. The van der Waals surface area contributed by atoms with E-state index >= 15 is 0 Å². The summed E-state index contributed by atoms with van der Waals surface area (Å²) >= 11 is 3.33. The summed E-state index contributed by atoms with van der Waals surface area (Å²) in [6.07, 6.45) is 0.591. The summed E-state index contributed by atoms with van der Waals surface area (Å²) in [5, 5.41) is 0. The molecule has 22 heavy (non-hydrogen) atoms. The number of imide groups is 1. The molecule has 1 heterocycles. The molecule has 0 radical (unpaired) electrons. The molecule has 0 aromatic heterocycles. The number of halogens is 1. The quantitative estimate of drug-likeness (QED) is 0.558. The van der Waals surface area contributed by atoms with Crippen LogP contribution in [0.2, 0.25) is 0 Å². The second-order valence-corrected chi connectivity index (χ2v) is 8.12. The zero-order valence-corrected chi connectivity index (χ0v) is 15.6. The number of amides is 3. The minimum Gasteiger partial charge on any atom is -0.458 e. The van der Waals surface area contributed by atoms with Crippen molar-refractivity contribution >= 4 is 33.8 Å². The Morgan fingerprint density at radius 1 is 1.36 bits per heavy atom. The van der Waals surface area contributed by atoms with Crippen LogP contribution in [0.3, 0.4) is 0 Å². The van der Waals surface area contributed by atoms with Gasteiger partial charge in [-0.2, -0.15) is 0 Å². The van der Waals surface area contributed by atoms with Crippen LogP contribution >= 0.6 is 15.9 Å². The van der Waals surface area contributed by atoms with Crippen LogP contribution in [0.5, 0.6) is 0 Å². The van der Waals surface area contributed by atoms with E-state index in [0.29, 0.717) is 12.3 Å². The lowest BCUT2D eigenvalue weighted by atomic mass is 10.1. The van der Waals surface area contributed by atoms with Gasteiger partial charge in [0.15, 0.2) is 6.04 Å². The van der Waals surface area contributed by atoms with E-state index in [1.165, 1.54) is 4.90 Å². The molecule has 0 bridgehead atoms. The summed E-state index contributed by atoms with van der Waals surface area (Å²) in [6, 6.07) is -1.36. The molecule has 0 N–H and O–H groups in total. The molecule has 0 spiro atoms. The van der Waals surface area contributed by atoms with Crippen molar-refractivity contribution in [3.05, 3.63) is 0 Å². The first-order valence-electron chi connectivity index (χ1n) is 7.39. The Hall–Kier alpha value is -1.11. The Morgan fingerprint density at radius 2 is 1.91 bits per heavy atom. The average Bonchev–Trinajstić information content (AvgIpc) is 2.62. The zero-order chi connectivity index (χ0) is 17.2. The maximum atomic E-state index is 12.5. The number of likely N-dealkylation sites (N-methyl/N-ethyl adjacent to an activating group) is 1. The molecule has 0 aromatic rings. The van der Waals surface area contributed by atoms with E-state index in [1.807, 2.05) is 13.8 Å². The number of esters is 1. The van der Waals surface area contributed by atoms with E-state index in [1.54, 1.807) is 27.8 Å². The third kappa shape index (κ3) is 4.69. The second kappa shape index (κ2) is 6.98.